The third-order valence-corrected chi connectivity index (χ3v) is 3.80. The Kier molecular flexibility index (Phi) is 3.50. The van der Waals surface area contributed by atoms with Gasteiger partial charge in [-0.15, -0.1) is 0 Å². The van der Waals surface area contributed by atoms with Gasteiger partial charge in [-0.25, -0.2) is 0 Å². The average Bonchev–Trinajstić information content (AvgIpc) is 3.20. The van der Waals surface area contributed by atoms with E-state index >= 15 is 0 Å². The van der Waals surface area contributed by atoms with E-state index in [0.29, 0.717) is 11.5 Å². The number of carbonyl (C=O) groups is 2. The fourth-order valence-electron chi connectivity index (χ4n) is 2.16. The van der Waals surface area contributed by atoms with Crippen LogP contribution in [0, 0.1) is 11.8 Å². The molecule has 1 fully saturated rings. The Morgan fingerprint density at radius 3 is 2.33 bits per heavy atom. The number of aliphatic carboxylic acids is 1. The van der Waals surface area contributed by atoms with Gasteiger partial charge in [0, 0.05) is 11.5 Å². The van der Waals surface area contributed by atoms with Crippen molar-refractivity contribution in [3.05, 3.63) is 35.4 Å². The SMILES string of the molecule is CC(C(=O)O)C(C)C(=O)c1ccccc1C1CC1. The number of hydrogen-bond donors (Lipinski definition) is 1. The number of ketones is 1. The second kappa shape index (κ2) is 4.92. The van der Waals surface area contributed by atoms with Gasteiger partial charge in [-0.1, -0.05) is 38.1 Å². The first-order chi connectivity index (χ1) is 8.52. The smallest absolute Gasteiger partial charge is 0.306 e. The summed E-state index contributed by atoms with van der Waals surface area (Å²) in [6, 6.07) is 7.59. The molecule has 0 bridgehead atoms. The zero-order chi connectivity index (χ0) is 13.3. The van der Waals surface area contributed by atoms with E-state index in [1.165, 1.54) is 0 Å². The van der Waals surface area contributed by atoms with E-state index in [-0.39, 0.29) is 5.78 Å². The molecule has 0 aromatic heterocycles. The predicted octanol–water partition coefficient (Wildman–Crippen LogP) is 3.10. The van der Waals surface area contributed by atoms with Crippen molar-refractivity contribution in [1.82, 2.24) is 0 Å². The Hall–Kier alpha value is -1.64. The molecule has 0 aliphatic heterocycles. The first-order valence-corrected chi connectivity index (χ1v) is 6.38. The van der Waals surface area contributed by atoms with Crippen molar-refractivity contribution in [2.24, 2.45) is 11.8 Å². The Balaban J connectivity index is 2.25. The maximum atomic E-state index is 12.4. The molecule has 2 unspecified atom stereocenters. The summed E-state index contributed by atoms with van der Waals surface area (Å²) in [5.41, 5.74) is 1.80. The molecule has 3 heteroatoms. The Morgan fingerprint density at radius 1 is 1.17 bits per heavy atom. The molecule has 1 aliphatic carbocycles. The molecule has 0 saturated heterocycles. The van der Waals surface area contributed by atoms with E-state index in [1.807, 2.05) is 24.3 Å². The van der Waals surface area contributed by atoms with Crippen LogP contribution in [0.3, 0.4) is 0 Å². The lowest BCUT2D eigenvalue weighted by atomic mass is 9.86. The summed E-state index contributed by atoms with van der Waals surface area (Å²) in [5, 5.41) is 8.99. The summed E-state index contributed by atoms with van der Waals surface area (Å²) in [6.07, 6.45) is 2.26. The molecule has 1 aromatic rings. The lowest BCUT2D eigenvalue weighted by Gasteiger charge is -2.16. The van der Waals surface area contributed by atoms with Crippen LogP contribution in [0.4, 0.5) is 0 Å². The van der Waals surface area contributed by atoms with Gasteiger partial charge >= 0.3 is 5.97 Å². The van der Waals surface area contributed by atoms with Gasteiger partial charge in [-0.2, -0.15) is 0 Å². The minimum atomic E-state index is -0.917. The average molecular weight is 246 g/mol. The molecule has 1 aliphatic rings. The van der Waals surface area contributed by atoms with Crippen LogP contribution in [0.2, 0.25) is 0 Å². The maximum Gasteiger partial charge on any atom is 0.306 e. The van der Waals surface area contributed by atoms with Crippen molar-refractivity contribution in [2.45, 2.75) is 32.6 Å². The van der Waals surface area contributed by atoms with Gasteiger partial charge in [0.2, 0.25) is 0 Å². The third kappa shape index (κ3) is 2.45. The van der Waals surface area contributed by atoms with Gasteiger partial charge in [0.15, 0.2) is 5.78 Å². The monoisotopic (exact) mass is 246 g/mol. The van der Waals surface area contributed by atoms with Crippen molar-refractivity contribution < 1.29 is 14.7 Å². The summed E-state index contributed by atoms with van der Waals surface area (Å²) in [7, 11) is 0. The summed E-state index contributed by atoms with van der Waals surface area (Å²) >= 11 is 0. The molecule has 0 heterocycles. The zero-order valence-electron chi connectivity index (χ0n) is 10.7. The van der Waals surface area contributed by atoms with E-state index < -0.39 is 17.8 Å². The van der Waals surface area contributed by atoms with Crippen molar-refractivity contribution in [1.29, 1.82) is 0 Å². The van der Waals surface area contributed by atoms with Gasteiger partial charge in [-0.3, -0.25) is 9.59 Å². The van der Waals surface area contributed by atoms with Crippen LogP contribution in [-0.4, -0.2) is 16.9 Å². The normalized spacial score (nSPS) is 18.1. The van der Waals surface area contributed by atoms with Crippen LogP contribution in [0.15, 0.2) is 24.3 Å². The van der Waals surface area contributed by atoms with E-state index in [1.54, 1.807) is 13.8 Å². The molecular weight excluding hydrogens is 228 g/mol. The zero-order valence-corrected chi connectivity index (χ0v) is 10.7. The van der Waals surface area contributed by atoms with Crippen molar-refractivity contribution in [3.63, 3.8) is 0 Å². The fraction of sp³-hybridized carbons (Fsp3) is 0.467. The summed E-state index contributed by atoms with van der Waals surface area (Å²) < 4.78 is 0. The molecule has 3 nitrogen and oxygen atoms in total. The number of carbonyl (C=O) groups excluding carboxylic acids is 1. The lowest BCUT2D eigenvalue weighted by molar-refractivity contribution is -0.142. The topological polar surface area (TPSA) is 54.4 Å². The number of hydrogen-bond acceptors (Lipinski definition) is 2. The van der Waals surface area contributed by atoms with Crippen molar-refractivity contribution in [3.8, 4) is 0 Å². The second-order valence-corrected chi connectivity index (χ2v) is 5.14. The first kappa shape index (κ1) is 12.8. The molecular formula is C15H18O3. The second-order valence-electron chi connectivity index (χ2n) is 5.14. The fourth-order valence-corrected chi connectivity index (χ4v) is 2.16. The van der Waals surface area contributed by atoms with E-state index in [4.69, 9.17) is 5.11 Å². The van der Waals surface area contributed by atoms with Gasteiger partial charge < -0.3 is 5.11 Å². The Morgan fingerprint density at radius 2 is 1.78 bits per heavy atom. The van der Waals surface area contributed by atoms with Crippen LogP contribution in [0.25, 0.3) is 0 Å². The van der Waals surface area contributed by atoms with E-state index in [0.717, 1.165) is 18.4 Å². The van der Waals surface area contributed by atoms with Crippen LogP contribution in [0.5, 0.6) is 0 Å². The molecule has 0 spiro atoms. The molecule has 1 N–H and O–H groups in total. The lowest BCUT2D eigenvalue weighted by Crippen LogP contribution is -2.26. The molecule has 1 saturated carbocycles. The van der Waals surface area contributed by atoms with Crippen LogP contribution in [-0.2, 0) is 4.79 Å². The van der Waals surface area contributed by atoms with Gasteiger partial charge in [0.05, 0.1) is 5.92 Å². The van der Waals surface area contributed by atoms with Crippen molar-refractivity contribution in [2.75, 3.05) is 0 Å². The number of benzene rings is 1. The quantitative estimate of drug-likeness (QED) is 0.812. The number of carboxylic acids is 1. The van der Waals surface area contributed by atoms with E-state index in [9.17, 15) is 9.59 Å². The molecule has 18 heavy (non-hydrogen) atoms. The van der Waals surface area contributed by atoms with Gasteiger partial charge in [-0.05, 0) is 24.3 Å². The Bertz CT molecular complexity index is 474. The van der Waals surface area contributed by atoms with Crippen LogP contribution < -0.4 is 0 Å². The highest BCUT2D eigenvalue weighted by molar-refractivity contribution is 6.01. The minimum Gasteiger partial charge on any atom is -0.481 e. The number of carboxylic acid groups (broad SMARTS) is 1. The third-order valence-electron chi connectivity index (χ3n) is 3.80. The van der Waals surface area contributed by atoms with Crippen LogP contribution in [0.1, 0.15) is 48.5 Å². The molecule has 0 amide bonds. The first-order valence-electron chi connectivity index (χ1n) is 6.38. The molecule has 0 radical (unpaired) electrons. The summed E-state index contributed by atoms with van der Waals surface area (Å²) in [4.78, 5) is 23.3. The molecule has 96 valence electrons. The summed E-state index contributed by atoms with van der Waals surface area (Å²) in [6.45, 7) is 3.29. The predicted molar refractivity (Wildman–Crippen MR) is 68.7 cm³/mol. The van der Waals surface area contributed by atoms with Gasteiger partial charge in [0.25, 0.3) is 0 Å². The number of rotatable bonds is 5. The highest BCUT2D eigenvalue weighted by Gasteiger charge is 2.32. The summed E-state index contributed by atoms with van der Waals surface area (Å²) in [5.74, 6) is -1.60. The van der Waals surface area contributed by atoms with Crippen LogP contribution >= 0.6 is 0 Å². The highest BCUT2D eigenvalue weighted by Crippen LogP contribution is 2.42. The minimum absolute atomic E-state index is 0.0487. The molecule has 2 atom stereocenters. The van der Waals surface area contributed by atoms with Crippen molar-refractivity contribution >= 4 is 11.8 Å². The highest BCUT2D eigenvalue weighted by atomic mass is 16.4. The standard InChI is InChI=1S/C15H18O3/c1-9(10(2)15(17)18)14(16)13-6-4-3-5-12(13)11-7-8-11/h3-6,9-11H,7-8H2,1-2H3,(H,17,18). The molecule has 2 rings (SSSR count). The largest absolute Gasteiger partial charge is 0.481 e. The van der Waals surface area contributed by atoms with E-state index in [2.05, 4.69) is 0 Å². The molecule has 1 aromatic carbocycles. The number of Topliss-reactive ketones (excluding diaryl/α,β-unsaturated/α-hetero) is 1. The van der Waals surface area contributed by atoms with Gasteiger partial charge in [0.1, 0.15) is 0 Å². The maximum absolute atomic E-state index is 12.4. The Labute approximate surface area is 107 Å².